The van der Waals surface area contributed by atoms with E-state index in [4.69, 9.17) is 0 Å². The van der Waals surface area contributed by atoms with Gasteiger partial charge in [-0.05, 0) is 62.4 Å². The van der Waals surface area contributed by atoms with Gasteiger partial charge >= 0.3 is 0 Å². The predicted molar refractivity (Wildman–Crippen MR) is 143 cm³/mol. The highest BCUT2D eigenvalue weighted by Crippen LogP contribution is 2.28. The quantitative estimate of drug-likeness (QED) is 0.444. The molecule has 3 heterocycles. The monoisotopic (exact) mass is 471 g/mol. The Morgan fingerprint density at radius 1 is 1.03 bits per heavy atom. The molecule has 0 radical (unpaired) electrons. The summed E-state index contributed by atoms with van der Waals surface area (Å²) in [4.78, 5) is 34.5. The average Bonchev–Trinajstić information content (AvgIpc) is 2.82. The van der Waals surface area contributed by atoms with Crippen LogP contribution < -0.4 is 16.4 Å². The zero-order valence-electron chi connectivity index (χ0n) is 21.5. The van der Waals surface area contributed by atoms with Crippen molar-refractivity contribution in [2.75, 3.05) is 0 Å². The van der Waals surface area contributed by atoms with Gasteiger partial charge in [0.15, 0.2) is 0 Å². The second kappa shape index (κ2) is 10.5. The van der Waals surface area contributed by atoms with Gasteiger partial charge in [0.2, 0.25) is 0 Å². The van der Waals surface area contributed by atoms with Crippen LogP contribution in [-0.4, -0.2) is 19.1 Å². The van der Waals surface area contributed by atoms with Crippen molar-refractivity contribution >= 4 is 10.8 Å². The Kier molecular flexibility index (Phi) is 7.69. The molecule has 0 aliphatic carbocycles. The van der Waals surface area contributed by atoms with E-state index in [1.54, 1.807) is 37.1 Å². The number of allylic oxidation sites excluding steroid dienone is 1. The minimum Gasteiger partial charge on any atom is -0.382 e. The molecule has 1 aromatic carbocycles. The van der Waals surface area contributed by atoms with Crippen LogP contribution in [0.1, 0.15) is 50.7 Å². The number of pyridine rings is 2. The summed E-state index contributed by atoms with van der Waals surface area (Å²) in [6.45, 7) is 15.7. The van der Waals surface area contributed by atoms with E-state index >= 15 is 0 Å². The summed E-state index contributed by atoms with van der Waals surface area (Å²) in [5.41, 5.74) is 4.46. The highest BCUT2D eigenvalue weighted by molar-refractivity contribution is 5.89. The molecule has 0 aliphatic heterocycles. The van der Waals surface area contributed by atoms with Gasteiger partial charge < -0.3 is 9.88 Å². The smallest absolute Gasteiger partial charge is 0.258 e. The van der Waals surface area contributed by atoms with Crippen LogP contribution in [-0.2, 0) is 7.05 Å². The number of benzene rings is 1. The Bertz CT molecular complexity index is 1500. The minimum absolute atomic E-state index is 0.0283. The normalized spacial score (nSPS) is 11.5. The number of nitrogens with zero attached hydrogens (tertiary/aromatic N) is 4. The maximum atomic E-state index is 13.3. The summed E-state index contributed by atoms with van der Waals surface area (Å²) in [6, 6.07) is 9.31. The number of hydrogen-bond donors (Lipinski definition) is 1. The fourth-order valence-corrected chi connectivity index (χ4v) is 4.13. The number of aromatic nitrogens is 4. The van der Waals surface area contributed by atoms with E-state index in [1.807, 2.05) is 52.8 Å². The van der Waals surface area contributed by atoms with E-state index in [1.165, 1.54) is 10.6 Å². The highest BCUT2D eigenvalue weighted by atomic mass is 16.1. The minimum atomic E-state index is -0.228. The van der Waals surface area contributed by atoms with E-state index in [2.05, 4.69) is 27.9 Å². The van der Waals surface area contributed by atoms with Crippen LogP contribution in [0.4, 0.5) is 0 Å². The molecule has 35 heavy (non-hydrogen) atoms. The molecule has 0 unspecified atom stereocenters. The average molecular weight is 472 g/mol. The Hall–Kier alpha value is -4.00. The van der Waals surface area contributed by atoms with Crippen molar-refractivity contribution in [3.05, 3.63) is 98.9 Å². The van der Waals surface area contributed by atoms with Gasteiger partial charge in [-0.3, -0.25) is 14.2 Å². The second-order valence-electron chi connectivity index (χ2n) is 8.47. The summed E-state index contributed by atoms with van der Waals surface area (Å²) in [7, 11) is 1.73. The van der Waals surface area contributed by atoms with Crippen LogP contribution >= 0.6 is 0 Å². The molecule has 0 saturated heterocycles. The van der Waals surface area contributed by atoms with E-state index < -0.39 is 0 Å². The molecule has 4 rings (SSSR count). The van der Waals surface area contributed by atoms with Gasteiger partial charge in [-0.1, -0.05) is 26.5 Å². The first-order chi connectivity index (χ1) is 16.7. The SMILES string of the molecule is C=C(C)N[C@H](C)c1cc(C)cc2c(=O)n(C)c(-c3ccn(-c4cnc(C)nc4)c(=O)c3)cc12.CC. The third kappa shape index (κ3) is 5.24. The number of fused-ring (bicyclic) bond motifs is 1. The van der Waals surface area contributed by atoms with Gasteiger partial charge in [0.1, 0.15) is 5.82 Å². The fraction of sp³-hybridized carbons (Fsp3) is 0.286. The van der Waals surface area contributed by atoms with Gasteiger partial charge in [-0.2, -0.15) is 0 Å². The molecule has 0 aliphatic rings. The molecule has 1 atom stereocenters. The lowest BCUT2D eigenvalue weighted by Gasteiger charge is -2.20. The fourth-order valence-electron chi connectivity index (χ4n) is 4.13. The molecule has 1 N–H and O–H groups in total. The number of aryl methyl sites for hydroxylation is 2. The summed E-state index contributed by atoms with van der Waals surface area (Å²) in [5.74, 6) is 0.635. The van der Waals surface area contributed by atoms with Crippen molar-refractivity contribution in [2.45, 2.75) is 47.6 Å². The number of rotatable bonds is 5. The first-order valence-corrected chi connectivity index (χ1v) is 11.7. The maximum absolute atomic E-state index is 13.3. The molecule has 182 valence electrons. The first kappa shape index (κ1) is 25.6. The third-order valence-electron chi connectivity index (χ3n) is 5.72. The Balaban J connectivity index is 0.00000167. The van der Waals surface area contributed by atoms with Crippen LogP contribution in [0.5, 0.6) is 0 Å². The molecular formula is C28H33N5O2. The van der Waals surface area contributed by atoms with Crippen LogP contribution in [0.15, 0.2) is 70.8 Å². The maximum Gasteiger partial charge on any atom is 0.258 e. The molecule has 0 spiro atoms. The molecule has 4 aromatic rings. The van der Waals surface area contributed by atoms with Crippen molar-refractivity contribution in [2.24, 2.45) is 7.05 Å². The van der Waals surface area contributed by atoms with Gasteiger partial charge in [-0.15, -0.1) is 0 Å². The lowest BCUT2D eigenvalue weighted by molar-refractivity contribution is 0.660. The molecule has 0 fully saturated rings. The highest BCUT2D eigenvalue weighted by Gasteiger charge is 2.16. The summed E-state index contributed by atoms with van der Waals surface area (Å²) in [5, 5.41) is 4.85. The zero-order valence-corrected chi connectivity index (χ0v) is 21.5. The molecular weight excluding hydrogens is 438 g/mol. The van der Waals surface area contributed by atoms with E-state index in [0.717, 1.165) is 22.2 Å². The lowest BCUT2D eigenvalue weighted by Crippen LogP contribution is -2.22. The van der Waals surface area contributed by atoms with Crippen LogP contribution in [0.25, 0.3) is 27.7 Å². The van der Waals surface area contributed by atoms with Gasteiger partial charge in [0.25, 0.3) is 11.1 Å². The second-order valence-corrected chi connectivity index (χ2v) is 8.47. The van der Waals surface area contributed by atoms with Crippen LogP contribution in [0.2, 0.25) is 0 Å². The van der Waals surface area contributed by atoms with Gasteiger partial charge in [-0.25, -0.2) is 9.97 Å². The third-order valence-corrected chi connectivity index (χ3v) is 5.72. The van der Waals surface area contributed by atoms with Crippen molar-refractivity contribution < 1.29 is 0 Å². The van der Waals surface area contributed by atoms with Crippen LogP contribution in [0.3, 0.4) is 0 Å². The van der Waals surface area contributed by atoms with E-state index in [9.17, 15) is 9.59 Å². The molecule has 7 nitrogen and oxygen atoms in total. The Morgan fingerprint density at radius 3 is 2.29 bits per heavy atom. The van der Waals surface area contributed by atoms with Crippen LogP contribution in [0, 0.1) is 13.8 Å². The largest absolute Gasteiger partial charge is 0.382 e. The van der Waals surface area contributed by atoms with Crippen molar-refractivity contribution in [3.63, 3.8) is 0 Å². The standard InChI is InChI=1S/C26H27N5O2.C2H6/c1-15(2)29-17(4)21-9-16(3)10-23-22(21)12-24(30(6)26(23)33)19-7-8-31(25(32)11-19)20-13-27-18(5)28-14-20;1-2/h7-14,17,29H,1H2,2-6H3;1-2H3/t17-;/m1./s1. The van der Waals surface area contributed by atoms with E-state index in [0.29, 0.717) is 28.2 Å². The van der Waals surface area contributed by atoms with Crippen molar-refractivity contribution in [3.8, 4) is 16.9 Å². The Labute approximate surface area is 205 Å². The van der Waals surface area contributed by atoms with Crippen molar-refractivity contribution in [1.82, 2.24) is 24.4 Å². The molecule has 0 bridgehead atoms. The zero-order chi connectivity index (χ0) is 25.9. The molecule has 7 heteroatoms. The van der Waals surface area contributed by atoms with E-state index in [-0.39, 0.29) is 17.2 Å². The van der Waals surface area contributed by atoms with Gasteiger partial charge in [0, 0.05) is 42.0 Å². The predicted octanol–water partition coefficient (Wildman–Crippen LogP) is 4.97. The summed E-state index contributed by atoms with van der Waals surface area (Å²) < 4.78 is 3.08. The number of nitrogens with one attached hydrogen (secondary N) is 1. The van der Waals surface area contributed by atoms with Crippen molar-refractivity contribution in [1.29, 1.82) is 0 Å². The molecule has 0 amide bonds. The molecule has 3 aromatic heterocycles. The first-order valence-electron chi connectivity index (χ1n) is 11.7. The lowest BCUT2D eigenvalue weighted by atomic mass is 9.96. The summed E-state index contributed by atoms with van der Waals surface area (Å²) in [6.07, 6.45) is 4.90. The summed E-state index contributed by atoms with van der Waals surface area (Å²) >= 11 is 0. The molecule has 0 saturated carbocycles. The number of hydrogen-bond acceptors (Lipinski definition) is 5. The Morgan fingerprint density at radius 2 is 1.69 bits per heavy atom. The van der Waals surface area contributed by atoms with Gasteiger partial charge in [0.05, 0.1) is 23.8 Å². The topological polar surface area (TPSA) is 81.8 Å².